The molecule has 0 heterocycles. The fraction of sp³-hybridized carbons (Fsp3) is 0.462. The van der Waals surface area contributed by atoms with Gasteiger partial charge >= 0.3 is 6.18 Å². The number of amidine groups is 1. The summed E-state index contributed by atoms with van der Waals surface area (Å²) in [7, 11) is 0. The van der Waals surface area contributed by atoms with Crippen LogP contribution < -0.4 is 5.73 Å². The van der Waals surface area contributed by atoms with Crippen molar-refractivity contribution in [1.29, 1.82) is 0 Å². The van der Waals surface area contributed by atoms with Gasteiger partial charge in [-0.2, -0.15) is 13.2 Å². The van der Waals surface area contributed by atoms with Crippen LogP contribution in [0.1, 0.15) is 24.0 Å². The van der Waals surface area contributed by atoms with Crippen LogP contribution >= 0.6 is 0 Å². The summed E-state index contributed by atoms with van der Waals surface area (Å²) >= 11 is 0. The van der Waals surface area contributed by atoms with Gasteiger partial charge < -0.3 is 10.9 Å². The number of hydrogen-bond donors (Lipinski definition) is 2. The zero-order valence-corrected chi connectivity index (χ0v) is 11.1. The minimum absolute atomic E-state index is 0.0317. The van der Waals surface area contributed by atoms with Crippen LogP contribution in [0.4, 0.5) is 17.6 Å². The minimum atomic E-state index is -4.31. The molecular weight excluding hydrogens is 290 g/mol. The number of nitrogens with two attached hydrogens (primary N) is 1. The van der Waals surface area contributed by atoms with Crippen molar-refractivity contribution < 1.29 is 22.8 Å². The van der Waals surface area contributed by atoms with Crippen molar-refractivity contribution in [1.82, 2.24) is 4.90 Å². The number of alkyl halides is 3. The van der Waals surface area contributed by atoms with Gasteiger partial charge in [0, 0.05) is 18.2 Å². The summed E-state index contributed by atoms with van der Waals surface area (Å²) in [5, 5.41) is 11.5. The Hall–Kier alpha value is -1.83. The zero-order valence-electron chi connectivity index (χ0n) is 11.1. The third-order valence-electron chi connectivity index (χ3n) is 3.27. The van der Waals surface area contributed by atoms with Gasteiger partial charge in [-0.3, -0.25) is 4.90 Å². The zero-order chi connectivity index (χ0) is 15.6. The van der Waals surface area contributed by atoms with E-state index in [4.69, 9.17) is 10.9 Å². The molecule has 0 saturated heterocycles. The molecule has 116 valence electrons. The lowest BCUT2D eigenvalue weighted by Crippen LogP contribution is -2.36. The summed E-state index contributed by atoms with van der Waals surface area (Å²) in [5.41, 5.74) is 5.94. The molecular formula is C13H15F4N3O. The van der Waals surface area contributed by atoms with Crippen LogP contribution in [0.3, 0.4) is 0 Å². The standard InChI is InChI=1S/C13H15F4N3O/c14-9-2-1-8(11(5-9)12(18)19-21)6-20(10-3-4-10)7-13(15,16)17/h1-2,5,10,21H,3-4,6-7H2,(H2,18,19). The molecule has 0 aromatic heterocycles. The number of benzene rings is 1. The maximum atomic E-state index is 13.2. The molecule has 0 aliphatic heterocycles. The predicted octanol–water partition coefficient (Wildman–Crippen LogP) is 2.45. The Kier molecular flexibility index (Phi) is 4.36. The first-order valence-electron chi connectivity index (χ1n) is 6.37. The lowest BCUT2D eigenvalue weighted by molar-refractivity contribution is -0.148. The third kappa shape index (κ3) is 4.32. The average molecular weight is 305 g/mol. The second-order valence-electron chi connectivity index (χ2n) is 5.04. The highest BCUT2D eigenvalue weighted by molar-refractivity contribution is 5.98. The number of oxime groups is 1. The van der Waals surface area contributed by atoms with Gasteiger partial charge in [0.05, 0.1) is 6.54 Å². The van der Waals surface area contributed by atoms with E-state index in [9.17, 15) is 17.6 Å². The van der Waals surface area contributed by atoms with Crippen LogP contribution in [0.2, 0.25) is 0 Å². The topological polar surface area (TPSA) is 61.9 Å². The predicted molar refractivity (Wildman–Crippen MR) is 68.4 cm³/mol. The van der Waals surface area contributed by atoms with Crippen molar-refractivity contribution >= 4 is 5.84 Å². The molecule has 0 unspecified atom stereocenters. The fourth-order valence-corrected chi connectivity index (χ4v) is 2.18. The first-order valence-corrected chi connectivity index (χ1v) is 6.37. The molecule has 0 amide bonds. The molecule has 1 saturated carbocycles. The highest BCUT2D eigenvalue weighted by atomic mass is 19.4. The van der Waals surface area contributed by atoms with E-state index in [1.54, 1.807) is 0 Å². The van der Waals surface area contributed by atoms with E-state index < -0.39 is 18.5 Å². The first-order chi connectivity index (χ1) is 9.80. The van der Waals surface area contributed by atoms with Crippen LogP contribution in [0.25, 0.3) is 0 Å². The molecule has 2 rings (SSSR count). The van der Waals surface area contributed by atoms with E-state index >= 15 is 0 Å². The smallest absolute Gasteiger partial charge is 0.401 e. The summed E-state index contributed by atoms with van der Waals surface area (Å²) in [4.78, 5) is 1.28. The Balaban J connectivity index is 2.24. The van der Waals surface area contributed by atoms with E-state index in [0.717, 1.165) is 12.1 Å². The second-order valence-corrected chi connectivity index (χ2v) is 5.04. The van der Waals surface area contributed by atoms with Crippen molar-refractivity contribution in [2.45, 2.75) is 31.6 Å². The Morgan fingerprint density at radius 1 is 1.38 bits per heavy atom. The number of nitrogens with zero attached hydrogens (tertiary/aromatic N) is 2. The summed E-state index contributed by atoms with van der Waals surface area (Å²) in [6.07, 6.45) is -2.90. The second kappa shape index (κ2) is 5.88. The molecule has 4 nitrogen and oxygen atoms in total. The van der Waals surface area contributed by atoms with Gasteiger partial charge in [-0.05, 0) is 30.5 Å². The van der Waals surface area contributed by atoms with E-state index in [1.807, 2.05) is 0 Å². The normalized spacial score (nSPS) is 16.5. The highest BCUT2D eigenvalue weighted by Crippen LogP contribution is 2.32. The molecule has 0 atom stereocenters. The van der Waals surface area contributed by atoms with Crippen LogP contribution in [0, 0.1) is 5.82 Å². The quantitative estimate of drug-likeness (QED) is 0.289. The van der Waals surface area contributed by atoms with Crippen molar-refractivity contribution in [2.75, 3.05) is 6.54 Å². The lowest BCUT2D eigenvalue weighted by atomic mass is 10.1. The lowest BCUT2D eigenvalue weighted by Gasteiger charge is -2.24. The van der Waals surface area contributed by atoms with E-state index in [2.05, 4.69) is 5.16 Å². The van der Waals surface area contributed by atoms with Crippen LogP contribution in [-0.4, -0.2) is 34.7 Å². The molecule has 21 heavy (non-hydrogen) atoms. The Bertz CT molecular complexity index is 541. The molecule has 1 aromatic carbocycles. The fourth-order valence-electron chi connectivity index (χ4n) is 2.18. The molecule has 0 radical (unpaired) electrons. The highest BCUT2D eigenvalue weighted by Gasteiger charge is 2.38. The van der Waals surface area contributed by atoms with E-state index in [1.165, 1.54) is 11.0 Å². The van der Waals surface area contributed by atoms with Crippen molar-refractivity contribution in [2.24, 2.45) is 10.9 Å². The Morgan fingerprint density at radius 3 is 2.57 bits per heavy atom. The largest absolute Gasteiger partial charge is 0.409 e. The molecule has 1 aromatic rings. The van der Waals surface area contributed by atoms with E-state index in [0.29, 0.717) is 18.4 Å². The van der Waals surface area contributed by atoms with Crippen molar-refractivity contribution in [3.8, 4) is 0 Å². The molecule has 3 N–H and O–H groups in total. The van der Waals surface area contributed by atoms with Gasteiger partial charge in [-0.15, -0.1) is 0 Å². The third-order valence-corrected chi connectivity index (χ3v) is 3.27. The maximum Gasteiger partial charge on any atom is 0.401 e. The number of hydrogen-bond acceptors (Lipinski definition) is 3. The van der Waals surface area contributed by atoms with Crippen molar-refractivity contribution in [3.05, 3.63) is 35.1 Å². The van der Waals surface area contributed by atoms with Crippen molar-refractivity contribution in [3.63, 3.8) is 0 Å². The molecule has 1 fully saturated rings. The molecule has 8 heteroatoms. The Labute approximate surface area is 118 Å². The summed E-state index contributed by atoms with van der Waals surface area (Å²) in [5.74, 6) is -0.929. The molecule has 1 aliphatic carbocycles. The monoisotopic (exact) mass is 305 g/mol. The molecule has 0 bridgehead atoms. The van der Waals surface area contributed by atoms with Crippen LogP contribution in [0.15, 0.2) is 23.4 Å². The molecule has 0 spiro atoms. The number of halogens is 4. The van der Waals surface area contributed by atoms with E-state index in [-0.39, 0.29) is 24.0 Å². The van der Waals surface area contributed by atoms with Crippen LogP contribution in [0.5, 0.6) is 0 Å². The minimum Gasteiger partial charge on any atom is -0.409 e. The Morgan fingerprint density at radius 2 is 2.05 bits per heavy atom. The van der Waals surface area contributed by atoms with Gasteiger partial charge in [0.15, 0.2) is 5.84 Å². The summed E-state index contributed by atoms with van der Waals surface area (Å²) < 4.78 is 51.0. The summed E-state index contributed by atoms with van der Waals surface area (Å²) in [6, 6.07) is 3.41. The summed E-state index contributed by atoms with van der Waals surface area (Å²) in [6.45, 7) is -1.07. The van der Waals surface area contributed by atoms with Gasteiger partial charge in [0.2, 0.25) is 0 Å². The SMILES string of the molecule is NC(=NO)c1cc(F)ccc1CN(CC(F)(F)F)C1CC1. The van der Waals surface area contributed by atoms with Gasteiger partial charge in [0.1, 0.15) is 5.82 Å². The average Bonchev–Trinajstić information content (AvgIpc) is 3.21. The van der Waals surface area contributed by atoms with Gasteiger partial charge in [-0.1, -0.05) is 11.2 Å². The molecule has 1 aliphatic rings. The van der Waals surface area contributed by atoms with Gasteiger partial charge in [0.25, 0.3) is 0 Å². The van der Waals surface area contributed by atoms with Gasteiger partial charge in [-0.25, -0.2) is 4.39 Å². The number of rotatable bonds is 5. The maximum absolute atomic E-state index is 13.2. The van der Waals surface area contributed by atoms with Crippen LogP contribution in [-0.2, 0) is 6.54 Å². The first kappa shape index (κ1) is 15.6.